The highest BCUT2D eigenvalue weighted by atomic mass is 127. The van der Waals surface area contributed by atoms with Gasteiger partial charge in [-0.15, -0.1) is 0 Å². The smallest absolute Gasteiger partial charge is 0.276 e. The first-order valence-corrected chi connectivity index (χ1v) is 11.5. The van der Waals surface area contributed by atoms with Crippen molar-refractivity contribution in [3.8, 4) is 5.75 Å². The Hall–Kier alpha value is -2.21. The molecule has 0 spiro atoms. The third kappa shape index (κ3) is 6.89. The van der Waals surface area contributed by atoms with E-state index in [4.69, 9.17) is 9.57 Å². The van der Waals surface area contributed by atoms with Crippen molar-refractivity contribution in [2.75, 3.05) is 18.5 Å². The Morgan fingerprint density at radius 3 is 2.59 bits per heavy atom. The summed E-state index contributed by atoms with van der Waals surface area (Å²) in [5, 5.41) is 13.1. The molecule has 3 rings (SSSR count). The number of anilines is 2. The lowest BCUT2D eigenvalue weighted by atomic mass is 10.1. The number of ether oxygens (including phenoxy) is 1. The van der Waals surface area contributed by atoms with Gasteiger partial charge in [0.1, 0.15) is 30.9 Å². The molecule has 0 aliphatic rings. The van der Waals surface area contributed by atoms with E-state index >= 15 is 0 Å². The number of aliphatic hydroxyl groups excluding tert-OH is 1. The number of benzene rings is 3. The van der Waals surface area contributed by atoms with Gasteiger partial charge in [0.2, 0.25) is 0 Å². The Morgan fingerprint density at radius 2 is 1.88 bits per heavy atom. The van der Waals surface area contributed by atoms with Crippen LogP contribution in [0.3, 0.4) is 0 Å². The van der Waals surface area contributed by atoms with E-state index in [2.05, 4.69) is 49.3 Å². The van der Waals surface area contributed by atoms with Gasteiger partial charge in [0.25, 0.3) is 5.91 Å². The zero-order valence-corrected chi connectivity index (χ0v) is 20.8. The van der Waals surface area contributed by atoms with Crippen molar-refractivity contribution in [3.05, 3.63) is 85.7 Å². The number of aliphatic hydroxyl groups is 1. The van der Waals surface area contributed by atoms with E-state index in [-0.39, 0.29) is 28.9 Å². The van der Waals surface area contributed by atoms with Gasteiger partial charge in [-0.2, -0.15) is 0 Å². The van der Waals surface area contributed by atoms with Gasteiger partial charge in [-0.25, -0.2) is 9.87 Å². The summed E-state index contributed by atoms with van der Waals surface area (Å²) in [5.74, 6) is -0.484. The average Bonchev–Trinajstić information content (AvgIpc) is 2.77. The molecule has 0 aliphatic heterocycles. The van der Waals surface area contributed by atoms with Gasteiger partial charge in [-0.05, 0) is 93.5 Å². The Morgan fingerprint density at radius 1 is 1.12 bits per heavy atom. The van der Waals surface area contributed by atoms with Crippen LogP contribution in [-0.4, -0.2) is 30.3 Å². The van der Waals surface area contributed by atoms with Crippen molar-refractivity contribution in [3.63, 3.8) is 0 Å². The number of rotatable bonds is 9. The zero-order valence-electron chi connectivity index (χ0n) is 17.1. The van der Waals surface area contributed by atoms with E-state index in [1.165, 1.54) is 12.1 Å². The number of aryl methyl sites for hydroxylation is 1. The van der Waals surface area contributed by atoms with Gasteiger partial charge in [-0.1, -0.05) is 18.2 Å². The molecule has 32 heavy (non-hydrogen) atoms. The summed E-state index contributed by atoms with van der Waals surface area (Å²) in [6, 6.07) is 17.4. The Kier molecular flexibility index (Phi) is 8.85. The summed E-state index contributed by atoms with van der Waals surface area (Å²) in [7, 11) is 0. The van der Waals surface area contributed by atoms with Crippen LogP contribution in [0.1, 0.15) is 15.9 Å². The number of hydrogen-bond acceptors (Lipinski definition) is 5. The van der Waals surface area contributed by atoms with Crippen LogP contribution in [0.2, 0.25) is 0 Å². The van der Waals surface area contributed by atoms with Crippen molar-refractivity contribution in [2.45, 2.75) is 13.0 Å². The Bertz CT molecular complexity index is 1090. The molecular weight excluding hydrogens is 594 g/mol. The molecule has 9 heteroatoms. The van der Waals surface area contributed by atoms with Crippen LogP contribution in [-0.2, 0) is 4.84 Å². The molecule has 6 nitrogen and oxygen atoms in total. The number of hydrogen-bond donors (Lipinski definition) is 3. The molecule has 0 radical (unpaired) electrons. The molecule has 3 N–H and O–H groups in total. The molecule has 1 unspecified atom stereocenters. The molecular formula is C23H21BrFIN2O4. The molecule has 0 heterocycles. The molecule has 1 atom stereocenters. The lowest BCUT2D eigenvalue weighted by molar-refractivity contribution is -0.0259. The van der Waals surface area contributed by atoms with Crippen molar-refractivity contribution in [1.29, 1.82) is 0 Å². The van der Waals surface area contributed by atoms with Crippen LogP contribution in [0.4, 0.5) is 15.8 Å². The van der Waals surface area contributed by atoms with Crippen LogP contribution in [0.15, 0.2) is 65.1 Å². The van der Waals surface area contributed by atoms with Gasteiger partial charge in [-0.3, -0.25) is 9.63 Å². The predicted octanol–water partition coefficient (Wildman–Crippen LogP) is 5.35. The maximum atomic E-state index is 14.2. The summed E-state index contributed by atoms with van der Waals surface area (Å²) in [5.41, 5.74) is 4.43. The first-order chi connectivity index (χ1) is 15.3. The van der Waals surface area contributed by atoms with E-state index in [1.807, 2.05) is 43.3 Å². The van der Waals surface area contributed by atoms with Crippen molar-refractivity contribution in [2.24, 2.45) is 0 Å². The molecule has 0 aliphatic carbocycles. The number of nitrogens with one attached hydrogen (secondary N) is 2. The third-order valence-corrected chi connectivity index (χ3v) is 5.67. The van der Waals surface area contributed by atoms with Gasteiger partial charge in [0.15, 0.2) is 0 Å². The molecule has 168 valence electrons. The summed E-state index contributed by atoms with van der Waals surface area (Å²) in [6.07, 6.45) is -0.956. The van der Waals surface area contributed by atoms with E-state index in [0.29, 0.717) is 5.75 Å². The quantitative estimate of drug-likeness (QED) is 0.224. The fraction of sp³-hybridized carbons (Fsp3) is 0.174. The number of halogens is 3. The summed E-state index contributed by atoms with van der Waals surface area (Å²) in [4.78, 5) is 17.8. The minimum absolute atomic E-state index is 0.000862. The van der Waals surface area contributed by atoms with E-state index < -0.39 is 17.8 Å². The molecule has 0 aromatic heterocycles. The summed E-state index contributed by atoms with van der Waals surface area (Å²) < 4.78 is 20.8. The Balaban J connectivity index is 1.62. The van der Waals surface area contributed by atoms with Crippen LogP contribution < -0.4 is 15.5 Å². The average molecular weight is 615 g/mol. The lowest BCUT2D eigenvalue weighted by Crippen LogP contribution is -2.31. The summed E-state index contributed by atoms with van der Waals surface area (Å²) >= 11 is 5.32. The topological polar surface area (TPSA) is 79.8 Å². The standard InChI is InChI=1S/C23H21BrFIN2O4/c1-14-9-15(26)7-8-21(14)27-22-11-20(25)19(24)10-18(22)23(30)28-32-13-16(29)12-31-17-5-3-2-4-6-17/h2-11,16,27,29H,12-13H2,1H3,(H,28,30). The highest BCUT2D eigenvalue weighted by Gasteiger charge is 2.17. The first-order valence-electron chi connectivity index (χ1n) is 9.63. The van der Waals surface area contributed by atoms with Crippen LogP contribution in [0.25, 0.3) is 0 Å². The van der Waals surface area contributed by atoms with E-state index in [0.717, 1.165) is 14.8 Å². The normalized spacial score (nSPS) is 11.7. The second-order valence-electron chi connectivity index (χ2n) is 6.92. The monoisotopic (exact) mass is 614 g/mol. The van der Waals surface area contributed by atoms with Crippen LogP contribution >= 0.6 is 38.5 Å². The number of carbonyl (C=O) groups excluding carboxylic acids is 1. The zero-order chi connectivity index (χ0) is 23.1. The molecule has 0 saturated heterocycles. The number of carbonyl (C=O) groups is 1. The van der Waals surface area contributed by atoms with Gasteiger partial charge in [0.05, 0.1) is 15.7 Å². The maximum absolute atomic E-state index is 14.2. The maximum Gasteiger partial charge on any atom is 0.276 e. The highest BCUT2D eigenvalue weighted by Crippen LogP contribution is 2.29. The fourth-order valence-electron chi connectivity index (χ4n) is 2.77. The minimum Gasteiger partial charge on any atom is -0.491 e. The SMILES string of the molecule is Cc1cc(I)ccc1Nc1cc(F)c(Br)cc1C(=O)NOCC(O)COc1ccccc1. The van der Waals surface area contributed by atoms with Crippen molar-refractivity contribution < 1.29 is 23.9 Å². The molecule has 0 bridgehead atoms. The van der Waals surface area contributed by atoms with Gasteiger partial charge < -0.3 is 15.2 Å². The van der Waals surface area contributed by atoms with Crippen molar-refractivity contribution >= 4 is 55.8 Å². The Labute approximate surface area is 207 Å². The van der Waals surface area contributed by atoms with E-state index in [1.54, 1.807) is 12.1 Å². The van der Waals surface area contributed by atoms with Crippen LogP contribution in [0.5, 0.6) is 5.75 Å². The molecule has 0 fully saturated rings. The molecule has 1 amide bonds. The minimum atomic E-state index is -0.956. The lowest BCUT2D eigenvalue weighted by Gasteiger charge is -2.16. The van der Waals surface area contributed by atoms with Gasteiger partial charge in [0, 0.05) is 9.26 Å². The van der Waals surface area contributed by atoms with Crippen LogP contribution in [0, 0.1) is 16.3 Å². The molecule has 3 aromatic carbocycles. The van der Waals surface area contributed by atoms with Crippen molar-refractivity contribution in [1.82, 2.24) is 5.48 Å². The number of para-hydroxylation sites is 1. The second-order valence-corrected chi connectivity index (χ2v) is 9.02. The number of amides is 1. The fourth-order valence-corrected chi connectivity index (χ4v) is 3.76. The number of hydroxylamine groups is 1. The van der Waals surface area contributed by atoms with E-state index in [9.17, 15) is 14.3 Å². The summed E-state index contributed by atoms with van der Waals surface area (Å²) in [6.45, 7) is 1.74. The first kappa shape index (κ1) is 24.4. The molecule has 0 saturated carbocycles. The van der Waals surface area contributed by atoms with Gasteiger partial charge >= 0.3 is 0 Å². The predicted molar refractivity (Wildman–Crippen MR) is 133 cm³/mol. The third-order valence-electron chi connectivity index (χ3n) is 4.39. The second kappa shape index (κ2) is 11.6. The largest absolute Gasteiger partial charge is 0.491 e. The molecule has 3 aromatic rings. The highest BCUT2D eigenvalue weighted by molar-refractivity contribution is 14.1.